The molecule has 0 spiro atoms. The smallest absolute Gasteiger partial charge is 0.0936 e. The Morgan fingerprint density at radius 2 is 1.50 bits per heavy atom. The fraction of sp³-hybridized carbons (Fsp3) is 1.00. The van der Waals surface area contributed by atoms with Crippen LogP contribution in [0.4, 0.5) is 0 Å². The summed E-state index contributed by atoms with van der Waals surface area (Å²) >= 11 is 0. The van der Waals surface area contributed by atoms with Crippen LogP contribution in [0.1, 0.15) is 47.0 Å². The van der Waals surface area contributed by atoms with Gasteiger partial charge in [0.15, 0.2) is 0 Å². The standard InChI is InChI=1S/C7H14O.C6H12O.C5H11NO/c1-3-7(4-2)5-8-6-7;1-5(2)3-6-4-7-6;1-6(2)3-5-4-7-5/h3-6H2,1-2H3;5-6H,3-4H2,1-2H3;5H,3-4H2,1-2H3. The van der Waals surface area contributed by atoms with Crippen LogP contribution in [0.5, 0.6) is 0 Å². The number of hydrogen-bond acceptors (Lipinski definition) is 4. The molecule has 0 aliphatic carbocycles. The topological polar surface area (TPSA) is 37.5 Å². The summed E-state index contributed by atoms with van der Waals surface area (Å²) in [6.07, 6.45) is 4.99. The summed E-state index contributed by atoms with van der Waals surface area (Å²) in [7, 11) is 4.11. The molecule has 0 radical (unpaired) electrons. The van der Waals surface area contributed by atoms with E-state index in [-0.39, 0.29) is 0 Å². The van der Waals surface area contributed by atoms with Crippen molar-refractivity contribution in [3.8, 4) is 0 Å². The van der Waals surface area contributed by atoms with Gasteiger partial charge in [-0.1, -0.05) is 27.7 Å². The molecular formula is C18H37NO3. The molecule has 2 atom stereocenters. The van der Waals surface area contributed by atoms with Crippen LogP contribution in [0.2, 0.25) is 0 Å². The van der Waals surface area contributed by atoms with Gasteiger partial charge in [-0.15, -0.1) is 0 Å². The van der Waals surface area contributed by atoms with Crippen molar-refractivity contribution in [3.05, 3.63) is 0 Å². The number of rotatable bonds is 6. The van der Waals surface area contributed by atoms with Crippen LogP contribution in [0.15, 0.2) is 0 Å². The lowest BCUT2D eigenvalue weighted by atomic mass is 9.81. The van der Waals surface area contributed by atoms with E-state index in [1.54, 1.807) is 0 Å². The Morgan fingerprint density at radius 3 is 1.59 bits per heavy atom. The van der Waals surface area contributed by atoms with Gasteiger partial charge in [0.05, 0.1) is 38.6 Å². The first-order valence-electron chi connectivity index (χ1n) is 8.86. The van der Waals surface area contributed by atoms with Crippen molar-refractivity contribution in [2.24, 2.45) is 11.3 Å². The van der Waals surface area contributed by atoms with Crippen LogP contribution in [0, 0.1) is 11.3 Å². The summed E-state index contributed by atoms with van der Waals surface area (Å²) < 4.78 is 15.1. The van der Waals surface area contributed by atoms with Crippen molar-refractivity contribution in [2.45, 2.75) is 59.2 Å². The molecule has 22 heavy (non-hydrogen) atoms. The molecule has 3 aliphatic rings. The Hall–Kier alpha value is -0.160. The van der Waals surface area contributed by atoms with E-state index in [2.05, 4.69) is 46.7 Å². The van der Waals surface area contributed by atoms with Crippen molar-refractivity contribution in [1.29, 1.82) is 0 Å². The predicted molar refractivity (Wildman–Crippen MR) is 91.3 cm³/mol. The summed E-state index contributed by atoms with van der Waals surface area (Å²) in [4.78, 5) is 2.14. The fourth-order valence-electron chi connectivity index (χ4n) is 2.36. The van der Waals surface area contributed by atoms with Crippen molar-refractivity contribution in [2.75, 3.05) is 47.1 Å². The first-order valence-corrected chi connectivity index (χ1v) is 8.86. The Morgan fingerprint density at radius 1 is 1.00 bits per heavy atom. The second kappa shape index (κ2) is 9.86. The monoisotopic (exact) mass is 315 g/mol. The van der Waals surface area contributed by atoms with Crippen LogP contribution in [-0.4, -0.2) is 64.2 Å². The van der Waals surface area contributed by atoms with Crippen molar-refractivity contribution in [1.82, 2.24) is 4.90 Å². The maximum Gasteiger partial charge on any atom is 0.0936 e. The SMILES string of the molecule is CC(C)CC1CO1.CCC1(CC)COC1.CN(C)CC1CO1. The molecular weight excluding hydrogens is 278 g/mol. The van der Waals surface area contributed by atoms with Gasteiger partial charge < -0.3 is 19.1 Å². The van der Waals surface area contributed by atoms with Crippen LogP contribution in [0.3, 0.4) is 0 Å². The van der Waals surface area contributed by atoms with Gasteiger partial charge in [-0.25, -0.2) is 0 Å². The second-order valence-electron chi connectivity index (χ2n) is 7.50. The molecule has 3 aliphatic heterocycles. The second-order valence-corrected chi connectivity index (χ2v) is 7.50. The fourth-order valence-corrected chi connectivity index (χ4v) is 2.36. The minimum Gasteiger partial charge on any atom is -0.380 e. The highest BCUT2D eigenvalue weighted by atomic mass is 16.6. The molecule has 4 heteroatoms. The van der Waals surface area contributed by atoms with Gasteiger partial charge in [0.2, 0.25) is 0 Å². The summed E-state index contributed by atoms with van der Waals surface area (Å²) in [5.41, 5.74) is 0.583. The van der Waals surface area contributed by atoms with Crippen LogP contribution in [0.25, 0.3) is 0 Å². The molecule has 4 nitrogen and oxygen atoms in total. The van der Waals surface area contributed by atoms with E-state index in [1.807, 2.05) is 0 Å². The molecule has 3 rings (SSSR count). The highest BCUT2D eigenvalue weighted by Crippen LogP contribution is 2.34. The van der Waals surface area contributed by atoms with Crippen molar-refractivity contribution < 1.29 is 14.2 Å². The minimum atomic E-state index is 0.551. The molecule has 0 aromatic rings. The first kappa shape index (κ1) is 19.9. The van der Waals surface area contributed by atoms with Crippen LogP contribution in [-0.2, 0) is 14.2 Å². The summed E-state index contributed by atoms with van der Waals surface area (Å²) in [6, 6.07) is 0. The van der Waals surface area contributed by atoms with E-state index >= 15 is 0 Å². The van der Waals surface area contributed by atoms with E-state index in [1.165, 1.54) is 19.3 Å². The van der Waals surface area contributed by atoms with E-state index in [0.717, 1.165) is 38.9 Å². The third-order valence-electron chi connectivity index (χ3n) is 4.42. The highest BCUT2D eigenvalue weighted by molar-refractivity contribution is 4.82. The summed E-state index contributed by atoms with van der Waals surface area (Å²) in [5, 5.41) is 0. The first-order chi connectivity index (χ1) is 10.4. The quantitative estimate of drug-likeness (QED) is 0.705. The Balaban J connectivity index is 0.000000166. The van der Waals surface area contributed by atoms with Crippen molar-refractivity contribution in [3.63, 3.8) is 0 Å². The van der Waals surface area contributed by atoms with Gasteiger partial charge in [0.25, 0.3) is 0 Å². The number of ether oxygens (including phenoxy) is 3. The molecule has 0 bridgehead atoms. The molecule has 0 amide bonds. The van der Waals surface area contributed by atoms with Gasteiger partial charge in [0.1, 0.15) is 0 Å². The van der Waals surface area contributed by atoms with E-state index < -0.39 is 0 Å². The van der Waals surface area contributed by atoms with E-state index in [0.29, 0.717) is 17.6 Å². The zero-order valence-electron chi connectivity index (χ0n) is 15.6. The normalized spacial score (nSPS) is 27.3. The van der Waals surface area contributed by atoms with E-state index in [4.69, 9.17) is 14.2 Å². The molecule has 3 heterocycles. The molecule has 132 valence electrons. The minimum absolute atomic E-state index is 0.551. The molecule has 0 aromatic heterocycles. The van der Waals surface area contributed by atoms with Crippen molar-refractivity contribution >= 4 is 0 Å². The van der Waals surface area contributed by atoms with E-state index in [9.17, 15) is 0 Å². The van der Waals surface area contributed by atoms with Crippen LogP contribution >= 0.6 is 0 Å². The lowest BCUT2D eigenvalue weighted by Crippen LogP contribution is -2.41. The number of nitrogens with zero attached hydrogens (tertiary/aromatic N) is 1. The van der Waals surface area contributed by atoms with Gasteiger partial charge in [-0.3, -0.25) is 0 Å². The van der Waals surface area contributed by atoms with Gasteiger partial charge in [-0.2, -0.15) is 0 Å². The largest absolute Gasteiger partial charge is 0.380 e. The average molecular weight is 315 g/mol. The summed E-state index contributed by atoms with van der Waals surface area (Å²) in [6.45, 7) is 14.0. The third kappa shape index (κ3) is 9.09. The predicted octanol–water partition coefficient (Wildman–Crippen LogP) is 3.20. The maximum atomic E-state index is 5.12. The zero-order chi connectivity index (χ0) is 16.6. The number of likely N-dealkylation sites (N-methyl/N-ethyl adjacent to an activating group) is 1. The highest BCUT2D eigenvalue weighted by Gasteiger charge is 2.34. The molecule has 0 saturated carbocycles. The lowest BCUT2D eigenvalue weighted by molar-refractivity contribution is -0.116. The Bertz CT molecular complexity index is 251. The average Bonchev–Trinajstić information content (AvgIpc) is 3.27. The van der Waals surface area contributed by atoms with Gasteiger partial charge in [0, 0.05) is 12.0 Å². The summed E-state index contributed by atoms with van der Waals surface area (Å²) in [5.74, 6) is 0.812. The zero-order valence-corrected chi connectivity index (χ0v) is 15.6. The molecule has 0 aromatic carbocycles. The maximum absolute atomic E-state index is 5.12. The number of hydrogen-bond donors (Lipinski definition) is 0. The Kier molecular flexibility index (Phi) is 8.91. The third-order valence-corrected chi connectivity index (χ3v) is 4.42. The van der Waals surface area contributed by atoms with Gasteiger partial charge >= 0.3 is 0 Å². The molecule has 2 unspecified atom stereocenters. The molecule has 3 saturated heterocycles. The van der Waals surface area contributed by atoms with Crippen LogP contribution < -0.4 is 0 Å². The molecule has 3 fully saturated rings. The van der Waals surface area contributed by atoms with Gasteiger partial charge in [-0.05, 0) is 39.3 Å². The number of epoxide rings is 2. The lowest BCUT2D eigenvalue weighted by Gasteiger charge is -2.39. The Labute approximate surface area is 137 Å². The molecule has 0 N–H and O–H groups in total.